The molecule has 4 heteroatoms. The molecule has 1 aromatic carbocycles. The molecule has 1 saturated heterocycles. The molecule has 2 nitrogen and oxygen atoms in total. The lowest BCUT2D eigenvalue weighted by Gasteiger charge is -2.37. The van der Waals surface area contributed by atoms with Gasteiger partial charge in [-0.05, 0) is 44.0 Å². The van der Waals surface area contributed by atoms with Gasteiger partial charge in [0.25, 0.3) is 0 Å². The van der Waals surface area contributed by atoms with E-state index in [1.807, 2.05) is 0 Å². The second-order valence-electron chi connectivity index (χ2n) is 5.05. The minimum Gasteiger partial charge on any atom is -0.392 e. The highest BCUT2D eigenvalue weighted by Gasteiger charge is 2.26. The van der Waals surface area contributed by atoms with Crippen molar-refractivity contribution >= 4 is 0 Å². The van der Waals surface area contributed by atoms with E-state index in [9.17, 15) is 13.9 Å². The normalized spacial score (nSPS) is 23.0. The fraction of sp³-hybridized carbons (Fsp3) is 0.571. The molecule has 1 N–H and O–H groups in total. The fourth-order valence-corrected chi connectivity index (χ4v) is 2.70. The summed E-state index contributed by atoms with van der Waals surface area (Å²) in [6, 6.07) is 3.68. The van der Waals surface area contributed by atoms with Crippen LogP contribution in [0.3, 0.4) is 0 Å². The van der Waals surface area contributed by atoms with E-state index < -0.39 is 17.7 Å². The van der Waals surface area contributed by atoms with Crippen molar-refractivity contribution in [1.29, 1.82) is 0 Å². The Hall–Kier alpha value is -1.00. The third-order valence-corrected chi connectivity index (χ3v) is 3.53. The monoisotopic (exact) mass is 255 g/mol. The van der Waals surface area contributed by atoms with E-state index in [2.05, 4.69) is 4.90 Å². The Morgan fingerprint density at radius 1 is 1.28 bits per heavy atom. The van der Waals surface area contributed by atoms with Gasteiger partial charge in [-0.25, -0.2) is 8.78 Å². The third kappa shape index (κ3) is 3.27. The van der Waals surface area contributed by atoms with E-state index in [4.69, 9.17) is 0 Å². The number of hydrogen-bond donors (Lipinski definition) is 1. The average Bonchev–Trinajstić information content (AvgIpc) is 2.27. The summed E-state index contributed by atoms with van der Waals surface area (Å²) in [6.07, 6.45) is 2.70. The number of aliphatic hydroxyl groups excluding tert-OH is 1. The molecule has 1 aliphatic rings. The first-order valence-corrected chi connectivity index (χ1v) is 6.43. The minimum atomic E-state index is -0.546. The van der Waals surface area contributed by atoms with Crippen molar-refractivity contribution in [2.24, 2.45) is 0 Å². The highest BCUT2D eigenvalue weighted by atomic mass is 19.1. The molecule has 0 bridgehead atoms. The summed E-state index contributed by atoms with van der Waals surface area (Å²) in [5.74, 6) is -1.09. The van der Waals surface area contributed by atoms with Crippen molar-refractivity contribution < 1.29 is 13.9 Å². The fourth-order valence-electron chi connectivity index (χ4n) is 2.70. The predicted molar refractivity (Wildman–Crippen MR) is 66.1 cm³/mol. The van der Waals surface area contributed by atoms with Gasteiger partial charge in [0.05, 0.1) is 6.10 Å². The van der Waals surface area contributed by atoms with Gasteiger partial charge in [0.1, 0.15) is 11.6 Å². The predicted octanol–water partition coefficient (Wildman–Crippen LogP) is 2.70. The van der Waals surface area contributed by atoms with Gasteiger partial charge in [0.2, 0.25) is 0 Å². The Balaban J connectivity index is 2.10. The van der Waals surface area contributed by atoms with Crippen molar-refractivity contribution in [2.45, 2.75) is 44.9 Å². The summed E-state index contributed by atoms with van der Waals surface area (Å²) < 4.78 is 26.3. The van der Waals surface area contributed by atoms with Crippen LogP contribution < -0.4 is 0 Å². The summed E-state index contributed by atoms with van der Waals surface area (Å²) in [5.41, 5.74) is 0.625. The number of hydrogen-bond acceptors (Lipinski definition) is 2. The van der Waals surface area contributed by atoms with Crippen LogP contribution >= 0.6 is 0 Å². The van der Waals surface area contributed by atoms with Crippen molar-refractivity contribution in [3.8, 4) is 0 Å². The first-order valence-electron chi connectivity index (χ1n) is 6.43. The molecule has 2 rings (SSSR count). The number of rotatable bonds is 3. The molecule has 0 aliphatic carbocycles. The van der Waals surface area contributed by atoms with Crippen LogP contribution in [0.4, 0.5) is 8.78 Å². The van der Waals surface area contributed by atoms with Crippen molar-refractivity contribution in [3.63, 3.8) is 0 Å². The van der Waals surface area contributed by atoms with Gasteiger partial charge in [0.15, 0.2) is 0 Å². The summed E-state index contributed by atoms with van der Waals surface area (Å²) in [5, 5.41) is 9.74. The number of likely N-dealkylation sites (tertiary alicyclic amines) is 1. The summed E-state index contributed by atoms with van der Waals surface area (Å²) in [7, 11) is 0. The van der Waals surface area contributed by atoms with E-state index in [0.717, 1.165) is 31.9 Å². The number of benzene rings is 1. The molecule has 100 valence electrons. The van der Waals surface area contributed by atoms with E-state index in [0.29, 0.717) is 12.1 Å². The number of nitrogens with zero attached hydrogens (tertiary/aromatic N) is 1. The number of piperidine rings is 1. The van der Waals surface area contributed by atoms with Crippen LogP contribution in [0.2, 0.25) is 0 Å². The molecule has 0 spiro atoms. The first kappa shape index (κ1) is 13.4. The molecule has 0 radical (unpaired) electrons. The zero-order valence-electron chi connectivity index (χ0n) is 10.6. The van der Waals surface area contributed by atoms with Gasteiger partial charge in [-0.2, -0.15) is 0 Å². The molecule has 1 aromatic rings. The Morgan fingerprint density at radius 2 is 1.94 bits per heavy atom. The lowest BCUT2D eigenvalue weighted by molar-refractivity contribution is 0.0316. The largest absolute Gasteiger partial charge is 0.392 e. The number of aliphatic hydroxyl groups is 1. The quantitative estimate of drug-likeness (QED) is 0.897. The van der Waals surface area contributed by atoms with Crippen LogP contribution in [-0.4, -0.2) is 28.7 Å². The SMILES string of the molecule is CC(O)C1CCCCN1Cc1cc(F)cc(F)c1. The summed E-state index contributed by atoms with van der Waals surface area (Å²) >= 11 is 0. The Morgan fingerprint density at radius 3 is 2.56 bits per heavy atom. The van der Waals surface area contributed by atoms with E-state index >= 15 is 0 Å². The van der Waals surface area contributed by atoms with Gasteiger partial charge >= 0.3 is 0 Å². The zero-order chi connectivity index (χ0) is 13.1. The molecule has 2 atom stereocenters. The third-order valence-electron chi connectivity index (χ3n) is 3.53. The number of halogens is 2. The molecular weight excluding hydrogens is 236 g/mol. The molecule has 1 aliphatic heterocycles. The van der Waals surface area contributed by atoms with Crippen LogP contribution in [-0.2, 0) is 6.54 Å². The van der Waals surface area contributed by atoms with Crippen LogP contribution in [0.1, 0.15) is 31.7 Å². The molecule has 1 fully saturated rings. The van der Waals surface area contributed by atoms with Gasteiger partial charge in [-0.3, -0.25) is 4.90 Å². The van der Waals surface area contributed by atoms with Crippen LogP contribution in [0.15, 0.2) is 18.2 Å². The maximum atomic E-state index is 13.1. The molecule has 18 heavy (non-hydrogen) atoms. The zero-order valence-corrected chi connectivity index (χ0v) is 10.6. The Labute approximate surface area is 106 Å². The topological polar surface area (TPSA) is 23.5 Å². The Kier molecular flexibility index (Phi) is 4.30. The van der Waals surface area contributed by atoms with E-state index in [-0.39, 0.29) is 6.04 Å². The lowest BCUT2D eigenvalue weighted by Crippen LogP contribution is -2.45. The van der Waals surface area contributed by atoms with Crippen LogP contribution in [0.25, 0.3) is 0 Å². The molecule has 0 aromatic heterocycles. The highest BCUT2D eigenvalue weighted by Crippen LogP contribution is 2.22. The molecule has 0 saturated carbocycles. The average molecular weight is 255 g/mol. The molecular formula is C14H19F2NO. The van der Waals surface area contributed by atoms with Crippen molar-refractivity contribution in [1.82, 2.24) is 4.90 Å². The smallest absolute Gasteiger partial charge is 0.126 e. The van der Waals surface area contributed by atoms with Gasteiger partial charge < -0.3 is 5.11 Å². The maximum absolute atomic E-state index is 13.1. The summed E-state index contributed by atoms with van der Waals surface area (Å²) in [4.78, 5) is 2.11. The Bertz CT molecular complexity index is 389. The lowest BCUT2D eigenvalue weighted by atomic mass is 9.97. The highest BCUT2D eigenvalue weighted by molar-refractivity contribution is 5.18. The molecule has 2 unspecified atom stereocenters. The maximum Gasteiger partial charge on any atom is 0.126 e. The van der Waals surface area contributed by atoms with Crippen molar-refractivity contribution in [2.75, 3.05) is 6.54 Å². The van der Waals surface area contributed by atoms with E-state index in [1.165, 1.54) is 12.1 Å². The second-order valence-corrected chi connectivity index (χ2v) is 5.05. The molecule has 0 amide bonds. The van der Waals surface area contributed by atoms with Crippen LogP contribution in [0.5, 0.6) is 0 Å². The van der Waals surface area contributed by atoms with Gasteiger partial charge in [-0.15, -0.1) is 0 Å². The van der Waals surface area contributed by atoms with Gasteiger partial charge in [0, 0.05) is 18.7 Å². The second kappa shape index (κ2) is 5.76. The minimum absolute atomic E-state index is 0.0880. The van der Waals surface area contributed by atoms with Gasteiger partial charge in [-0.1, -0.05) is 6.42 Å². The van der Waals surface area contributed by atoms with E-state index in [1.54, 1.807) is 6.92 Å². The first-order chi connectivity index (χ1) is 8.56. The standard InChI is InChI=1S/C14H19F2NO/c1-10(18)14-4-2-3-5-17(14)9-11-6-12(15)8-13(16)7-11/h6-8,10,14,18H,2-5,9H2,1H3. The van der Waals surface area contributed by atoms with Crippen LogP contribution in [0, 0.1) is 11.6 Å². The van der Waals surface area contributed by atoms with Crippen molar-refractivity contribution in [3.05, 3.63) is 35.4 Å². The molecule has 1 heterocycles. The summed E-state index contributed by atoms with van der Waals surface area (Å²) in [6.45, 7) is 3.13.